The molecule has 0 radical (unpaired) electrons. The Balaban J connectivity index is 1.85. The second-order valence-corrected chi connectivity index (χ2v) is 5.60. The summed E-state index contributed by atoms with van der Waals surface area (Å²) in [5.74, 6) is 1.90. The maximum atomic E-state index is 11.2. The summed E-state index contributed by atoms with van der Waals surface area (Å²) >= 11 is 0. The van der Waals surface area contributed by atoms with Gasteiger partial charge in [0.05, 0.1) is 11.5 Å². The summed E-state index contributed by atoms with van der Waals surface area (Å²) < 4.78 is 2.16. The van der Waals surface area contributed by atoms with Gasteiger partial charge in [0.15, 0.2) is 5.82 Å². The number of aromatic nitrogens is 3. The van der Waals surface area contributed by atoms with Gasteiger partial charge in [0.25, 0.3) is 5.69 Å². The number of para-hydroxylation sites is 2. The highest BCUT2D eigenvalue weighted by Gasteiger charge is 2.20. The van der Waals surface area contributed by atoms with E-state index in [1.165, 1.54) is 12.5 Å². The number of benzene rings is 1. The molecule has 0 atom stereocenters. The summed E-state index contributed by atoms with van der Waals surface area (Å²) in [6.45, 7) is 1.44. The second kappa shape index (κ2) is 6.13. The van der Waals surface area contributed by atoms with Gasteiger partial charge in [-0.15, -0.1) is 10.2 Å². The van der Waals surface area contributed by atoms with Crippen LogP contribution < -0.4 is 4.90 Å². The Labute approximate surface area is 128 Å². The zero-order valence-electron chi connectivity index (χ0n) is 12.6. The summed E-state index contributed by atoms with van der Waals surface area (Å²) in [7, 11) is 1.85. The molecule has 7 nitrogen and oxygen atoms in total. The van der Waals surface area contributed by atoms with E-state index in [0.29, 0.717) is 12.2 Å². The fourth-order valence-electron chi connectivity index (χ4n) is 2.90. The summed E-state index contributed by atoms with van der Waals surface area (Å²) in [6, 6.07) is 6.77. The van der Waals surface area contributed by atoms with Gasteiger partial charge in [0, 0.05) is 26.1 Å². The number of fused-ring (bicyclic) bond motifs is 1. The smallest absolute Gasteiger partial charge is 0.292 e. The average molecular weight is 301 g/mol. The highest BCUT2D eigenvalue weighted by atomic mass is 16.6. The topological polar surface area (TPSA) is 77.1 Å². The lowest BCUT2D eigenvalue weighted by Gasteiger charge is -2.19. The number of hydrogen-bond acceptors (Lipinski definition) is 5. The molecule has 1 aromatic carbocycles. The molecule has 0 N–H and O–H groups in total. The lowest BCUT2D eigenvalue weighted by molar-refractivity contribution is -0.384. The largest absolute Gasteiger partial charge is 0.361 e. The number of rotatable bonds is 4. The van der Waals surface area contributed by atoms with Crippen LogP contribution in [-0.2, 0) is 19.5 Å². The van der Waals surface area contributed by atoms with Crippen molar-refractivity contribution in [2.75, 3.05) is 11.9 Å². The third kappa shape index (κ3) is 2.79. The predicted octanol–water partition coefficient (Wildman–Crippen LogP) is 2.55. The van der Waals surface area contributed by atoms with Crippen LogP contribution in [0.1, 0.15) is 30.9 Å². The van der Waals surface area contributed by atoms with Gasteiger partial charge >= 0.3 is 0 Å². The molecule has 7 heteroatoms. The van der Waals surface area contributed by atoms with Crippen molar-refractivity contribution in [3.8, 4) is 0 Å². The minimum absolute atomic E-state index is 0.112. The van der Waals surface area contributed by atoms with Crippen LogP contribution in [0.2, 0.25) is 0 Å². The van der Waals surface area contributed by atoms with Crippen LogP contribution in [0.15, 0.2) is 24.3 Å². The van der Waals surface area contributed by atoms with Gasteiger partial charge in [-0.1, -0.05) is 18.6 Å². The van der Waals surface area contributed by atoms with E-state index in [1.807, 2.05) is 18.0 Å². The third-order valence-electron chi connectivity index (χ3n) is 4.05. The van der Waals surface area contributed by atoms with Gasteiger partial charge in [0.1, 0.15) is 11.5 Å². The van der Waals surface area contributed by atoms with E-state index in [2.05, 4.69) is 14.8 Å². The Morgan fingerprint density at radius 3 is 2.91 bits per heavy atom. The standard InChI is InChI=1S/C15H19N5O2/c1-18(12-7-4-5-8-13(12)20(21)22)11-15-17-16-14-9-3-2-6-10-19(14)15/h4-5,7-8H,2-3,6,9-11H2,1H3. The molecule has 1 aliphatic heterocycles. The minimum atomic E-state index is -0.351. The van der Waals surface area contributed by atoms with Gasteiger partial charge in [0.2, 0.25) is 0 Å². The number of nitrogens with zero attached hydrogens (tertiary/aromatic N) is 5. The molecule has 22 heavy (non-hydrogen) atoms. The molecule has 2 aromatic rings. The van der Waals surface area contributed by atoms with Crippen molar-refractivity contribution in [2.24, 2.45) is 0 Å². The molecule has 2 heterocycles. The summed E-state index contributed by atoms with van der Waals surface area (Å²) in [5, 5.41) is 19.7. The SMILES string of the molecule is CN(Cc1nnc2n1CCCCC2)c1ccccc1[N+](=O)[O-]. The van der Waals surface area contributed by atoms with E-state index in [0.717, 1.165) is 37.5 Å². The van der Waals surface area contributed by atoms with Crippen molar-refractivity contribution < 1.29 is 4.92 Å². The van der Waals surface area contributed by atoms with E-state index < -0.39 is 0 Å². The third-order valence-corrected chi connectivity index (χ3v) is 4.05. The van der Waals surface area contributed by atoms with Gasteiger partial charge in [-0.05, 0) is 18.9 Å². The molecule has 0 amide bonds. The Kier molecular flexibility index (Phi) is 4.04. The van der Waals surface area contributed by atoms with Crippen molar-refractivity contribution in [2.45, 2.75) is 38.8 Å². The fraction of sp³-hybridized carbons (Fsp3) is 0.467. The first-order valence-corrected chi connectivity index (χ1v) is 7.52. The van der Waals surface area contributed by atoms with Crippen molar-refractivity contribution in [3.63, 3.8) is 0 Å². The molecule has 0 unspecified atom stereocenters. The lowest BCUT2D eigenvalue weighted by atomic mass is 10.2. The van der Waals surface area contributed by atoms with Crippen LogP contribution in [-0.4, -0.2) is 26.7 Å². The number of hydrogen-bond donors (Lipinski definition) is 0. The average Bonchev–Trinajstić information content (AvgIpc) is 2.74. The van der Waals surface area contributed by atoms with E-state index in [1.54, 1.807) is 12.1 Å². The molecule has 0 bridgehead atoms. The van der Waals surface area contributed by atoms with Gasteiger partial charge in [-0.25, -0.2) is 0 Å². The molecule has 0 spiro atoms. The van der Waals surface area contributed by atoms with E-state index in [4.69, 9.17) is 0 Å². The molecular weight excluding hydrogens is 282 g/mol. The van der Waals surface area contributed by atoms with Crippen molar-refractivity contribution in [1.29, 1.82) is 0 Å². The molecule has 1 aromatic heterocycles. The maximum absolute atomic E-state index is 11.2. The van der Waals surface area contributed by atoms with Gasteiger partial charge in [-0.2, -0.15) is 0 Å². The summed E-state index contributed by atoms with van der Waals surface area (Å²) in [6.07, 6.45) is 4.45. The van der Waals surface area contributed by atoms with Crippen LogP contribution >= 0.6 is 0 Å². The fourth-order valence-corrected chi connectivity index (χ4v) is 2.90. The molecule has 0 saturated carbocycles. The van der Waals surface area contributed by atoms with Gasteiger partial charge < -0.3 is 9.47 Å². The Hall–Kier alpha value is -2.44. The zero-order valence-corrected chi connectivity index (χ0v) is 12.6. The zero-order chi connectivity index (χ0) is 15.5. The lowest BCUT2D eigenvalue weighted by Crippen LogP contribution is -2.21. The quantitative estimate of drug-likeness (QED) is 0.640. The highest BCUT2D eigenvalue weighted by Crippen LogP contribution is 2.27. The Morgan fingerprint density at radius 1 is 1.27 bits per heavy atom. The molecule has 0 fully saturated rings. The van der Waals surface area contributed by atoms with E-state index >= 15 is 0 Å². The first-order chi connectivity index (χ1) is 10.7. The Morgan fingerprint density at radius 2 is 2.09 bits per heavy atom. The molecule has 116 valence electrons. The predicted molar refractivity (Wildman–Crippen MR) is 82.8 cm³/mol. The molecule has 3 rings (SSSR count). The Bertz CT molecular complexity index is 682. The van der Waals surface area contributed by atoms with Crippen molar-refractivity contribution >= 4 is 11.4 Å². The van der Waals surface area contributed by atoms with Crippen molar-refractivity contribution in [3.05, 3.63) is 46.0 Å². The van der Waals surface area contributed by atoms with E-state index in [-0.39, 0.29) is 10.6 Å². The molecule has 1 aliphatic rings. The maximum Gasteiger partial charge on any atom is 0.292 e. The van der Waals surface area contributed by atoms with Crippen LogP contribution in [0.5, 0.6) is 0 Å². The first-order valence-electron chi connectivity index (χ1n) is 7.52. The number of aryl methyl sites for hydroxylation is 1. The van der Waals surface area contributed by atoms with Crippen LogP contribution in [0, 0.1) is 10.1 Å². The molecule has 0 saturated heterocycles. The number of nitro benzene ring substituents is 1. The summed E-state index contributed by atoms with van der Waals surface area (Å²) in [5.41, 5.74) is 0.707. The van der Waals surface area contributed by atoms with Crippen LogP contribution in [0.4, 0.5) is 11.4 Å². The monoisotopic (exact) mass is 301 g/mol. The number of anilines is 1. The minimum Gasteiger partial charge on any atom is -0.361 e. The normalized spacial score (nSPS) is 14.2. The van der Waals surface area contributed by atoms with Gasteiger partial charge in [-0.3, -0.25) is 10.1 Å². The number of nitro groups is 1. The highest BCUT2D eigenvalue weighted by molar-refractivity contribution is 5.62. The van der Waals surface area contributed by atoms with E-state index in [9.17, 15) is 10.1 Å². The van der Waals surface area contributed by atoms with Crippen LogP contribution in [0.3, 0.4) is 0 Å². The molecular formula is C15H19N5O2. The van der Waals surface area contributed by atoms with Crippen LogP contribution in [0.25, 0.3) is 0 Å². The van der Waals surface area contributed by atoms with Crippen molar-refractivity contribution in [1.82, 2.24) is 14.8 Å². The summed E-state index contributed by atoms with van der Waals surface area (Å²) in [4.78, 5) is 12.7. The first kappa shape index (κ1) is 14.5. The molecule has 0 aliphatic carbocycles. The second-order valence-electron chi connectivity index (χ2n) is 5.60.